The van der Waals surface area contributed by atoms with E-state index in [0.717, 1.165) is 39.3 Å². The third-order valence-corrected chi connectivity index (χ3v) is 3.66. The number of hydrogen-bond donors (Lipinski definition) is 0. The van der Waals surface area contributed by atoms with Gasteiger partial charge < -0.3 is 14.2 Å². The van der Waals surface area contributed by atoms with Crippen LogP contribution < -0.4 is 0 Å². The molecule has 19 heavy (non-hydrogen) atoms. The van der Waals surface area contributed by atoms with Crippen molar-refractivity contribution in [1.82, 2.24) is 14.7 Å². The first-order valence-electron chi connectivity index (χ1n) is 6.47. The zero-order valence-electron chi connectivity index (χ0n) is 11.4. The first-order valence-corrected chi connectivity index (χ1v) is 6.85. The first kappa shape index (κ1) is 14.4. The lowest BCUT2D eigenvalue weighted by Crippen LogP contribution is -2.49. The van der Waals surface area contributed by atoms with Crippen LogP contribution in [0, 0.1) is 0 Å². The third kappa shape index (κ3) is 3.72. The molecule has 5 nitrogen and oxygen atoms in total. The van der Waals surface area contributed by atoms with Crippen LogP contribution in [-0.4, -0.2) is 74.0 Å². The molecule has 2 rings (SSSR count). The van der Waals surface area contributed by atoms with Gasteiger partial charge in [-0.2, -0.15) is 0 Å². The molecule has 0 saturated carbocycles. The summed E-state index contributed by atoms with van der Waals surface area (Å²) in [6, 6.07) is 1.63. The van der Waals surface area contributed by atoms with E-state index in [1.807, 2.05) is 4.90 Å². The van der Waals surface area contributed by atoms with Crippen LogP contribution in [0.5, 0.6) is 0 Å². The molecule has 1 fully saturated rings. The Morgan fingerprint density at radius 2 is 2.05 bits per heavy atom. The minimum Gasteiger partial charge on any atom is -0.452 e. The molecule has 0 atom stereocenters. The van der Waals surface area contributed by atoms with Gasteiger partial charge in [-0.05, 0) is 31.8 Å². The third-order valence-electron chi connectivity index (χ3n) is 3.37. The average Bonchev–Trinajstić information content (AvgIpc) is 2.82. The number of nitrogens with zero attached hydrogens (tertiary/aromatic N) is 3. The molecule has 1 saturated heterocycles. The van der Waals surface area contributed by atoms with Gasteiger partial charge in [-0.15, -0.1) is 0 Å². The predicted octanol–water partition coefficient (Wildman–Crippen LogP) is 1.25. The number of carbonyl (C=O) groups excluding carboxylic acids is 1. The fraction of sp³-hybridized carbons (Fsp3) is 0.615. The zero-order chi connectivity index (χ0) is 13.8. The van der Waals surface area contributed by atoms with E-state index in [2.05, 4.69) is 23.9 Å². The summed E-state index contributed by atoms with van der Waals surface area (Å²) in [4.78, 5) is 18.6. The van der Waals surface area contributed by atoms with Crippen LogP contribution in [0.1, 0.15) is 10.4 Å². The SMILES string of the molecule is CN(C)CCN1CCN(C(=O)c2ccoc2Cl)CC1. The number of likely N-dealkylation sites (N-methyl/N-ethyl adjacent to an activating group) is 1. The number of hydrogen-bond acceptors (Lipinski definition) is 4. The number of carbonyl (C=O) groups is 1. The molecular formula is C13H20ClN3O2. The molecule has 1 aliphatic heterocycles. The first-order chi connectivity index (χ1) is 9.08. The second-order valence-electron chi connectivity index (χ2n) is 5.05. The van der Waals surface area contributed by atoms with Crippen LogP contribution in [0.25, 0.3) is 0 Å². The molecule has 1 amide bonds. The van der Waals surface area contributed by atoms with E-state index in [-0.39, 0.29) is 11.1 Å². The number of halogens is 1. The van der Waals surface area contributed by atoms with Crippen LogP contribution in [0.4, 0.5) is 0 Å². The van der Waals surface area contributed by atoms with Crippen molar-refractivity contribution in [1.29, 1.82) is 0 Å². The van der Waals surface area contributed by atoms with Gasteiger partial charge in [0.1, 0.15) is 0 Å². The molecule has 0 bridgehead atoms. The second-order valence-corrected chi connectivity index (χ2v) is 5.39. The molecule has 0 spiro atoms. The van der Waals surface area contributed by atoms with E-state index >= 15 is 0 Å². The Bertz CT molecular complexity index is 425. The monoisotopic (exact) mass is 285 g/mol. The van der Waals surface area contributed by atoms with Crippen molar-refractivity contribution in [2.45, 2.75) is 0 Å². The Morgan fingerprint density at radius 3 is 2.58 bits per heavy atom. The Kier molecular flexibility index (Phi) is 4.85. The Hall–Kier alpha value is -1.04. The zero-order valence-corrected chi connectivity index (χ0v) is 12.2. The van der Waals surface area contributed by atoms with Crippen LogP contribution >= 0.6 is 11.6 Å². The van der Waals surface area contributed by atoms with Crippen LogP contribution in [-0.2, 0) is 0 Å². The Labute approximate surface area is 118 Å². The largest absolute Gasteiger partial charge is 0.452 e. The summed E-state index contributed by atoms with van der Waals surface area (Å²) >= 11 is 5.84. The summed E-state index contributed by atoms with van der Waals surface area (Å²) in [5.41, 5.74) is 0.461. The molecule has 1 aromatic heterocycles. The standard InChI is InChI=1S/C13H20ClN3O2/c1-15(2)4-5-16-6-8-17(9-7-16)13(18)11-3-10-19-12(11)14/h3,10H,4-9H2,1-2H3. The van der Waals surface area contributed by atoms with Gasteiger partial charge >= 0.3 is 0 Å². The quantitative estimate of drug-likeness (QED) is 0.835. The lowest BCUT2D eigenvalue weighted by molar-refractivity contribution is 0.0629. The van der Waals surface area contributed by atoms with E-state index in [0.29, 0.717) is 5.56 Å². The van der Waals surface area contributed by atoms with Crippen LogP contribution in [0.2, 0.25) is 5.22 Å². The maximum absolute atomic E-state index is 12.2. The smallest absolute Gasteiger partial charge is 0.258 e. The number of rotatable bonds is 4. The molecular weight excluding hydrogens is 266 g/mol. The molecule has 0 aromatic carbocycles. The lowest BCUT2D eigenvalue weighted by atomic mass is 10.2. The molecule has 0 radical (unpaired) electrons. The number of furan rings is 1. The second kappa shape index (κ2) is 6.41. The molecule has 6 heteroatoms. The topological polar surface area (TPSA) is 39.9 Å². The van der Waals surface area contributed by atoms with Crippen LogP contribution in [0.3, 0.4) is 0 Å². The highest BCUT2D eigenvalue weighted by atomic mass is 35.5. The molecule has 2 heterocycles. The fourth-order valence-electron chi connectivity index (χ4n) is 2.13. The van der Waals surface area contributed by atoms with Gasteiger partial charge in [-0.3, -0.25) is 9.69 Å². The maximum atomic E-state index is 12.2. The van der Waals surface area contributed by atoms with Gasteiger partial charge in [0.2, 0.25) is 5.22 Å². The highest BCUT2D eigenvalue weighted by Crippen LogP contribution is 2.19. The molecule has 1 aliphatic rings. The molecule has 0 aliphatic carbocycles. The number of amides is 1. The van der Waals surface area contributed by atoms with Crippen molar-refractivity contribution >= 4 is 17.5 Å². The van der Waals surface area contributed by atoms with Gasteiger partial charge in [-0.25, -0.2) is 0 Å². The van der Waals surface area contributed by atoms with E-state index in [9.17, 15) is 4.79 Å². The lowest BCUT2D eigenvalue weighted by Gasteiger charge is -2.35. The average molecular weight is 286 g/mol. The number of piperazine rings is 1. The van der Waals surface area contributed by atoms with Crippen LogP contribution in [0.15, 0.2) is 16.7 Å². The minimum absolute atomic E-state index is 0.0361. The van der Waals surface area contributed by atoms with Gasteiger partial charge in [-0.1, -0.05) is 0 Å². The highest BCUT2D eigenvalue weighted by Gasteiger charge is 2.24. The fourth-order valence-corrected chi connectivity index (χ4v) is 2.33. The van der Waals surface area contributed by atoms with E-state index < -0.39 is 0 Å². The summed E-state index contributed by atoms with van der Waals surface area (Å²) in [5, 5.41) is 0.181. The van der Waals surface area contributed by atoms with E-state index in [4.69, 9.17) is 16.0 Å². The molecule has 0 N–H and O–H groups in total. The minimum atomic E-state index is -0.0361. The summed E-state index contributed by atoms with van der Waals surface area (Å²) in [7, 11) is 4.14. The van der Waals surface area contributed by atoms with Crippen molar-refractivity contribution < 1.29 is 9.21 Å². The van der Waals surface area contributed by atoms with Crippen molar-refractivity contribution in [2.24, 2.45) is 0 Å². The molecule has 1 aromatic rings. The van der Waals surface area contributed by atoms with Crippen molar-refractivity contribution in [3.8, 4) is 0 Å². The Balaban J connectivity index is 1.83. The normalized spacial score (nSPS) is 17.2. The molecule has 106 valence electrons. The van der Waals surface area contributed by atoms with Gasteiger partial charge in [0.15, 0.2) is 0 Å². The van der Waals surface area contributed by atoms with Gasteiger partial charge in [0, 0.05) is 39.3 Å². The summed E-state index contributed by atoms with van der Waals surface area (Å²) in [6.07, 6.45) is 1.45. The van der Waals surface area contributed by atoms with Crippen molar-refractivity contribution in [3.63, 3.8) is 0 Å². The predicted molar refractivity (Wildman–Crippen MR) is 74.6 cm³/mol. The summed E-state index contributed by atoms with van der Waals surface area (Å²) < 4.78 is 4.96. The maximum Gasteiger partial charge on any atom is 0.258 e. The van der Waals surface area contributed by atoms with E-state index in [1.165, 1.54) is 6.26 Å². The highest BCUT2D eigenvalue weighted by molar-refractivity contribution is 6.32. The van der Waals surface area contributed by atoms with Crippen molar-refractivity contribution in [2.75, 3.05) is 53.4 Å². The van der Waals surface area contributed by atoms with Gasteiger partial charge in [0.25, 0.3) is 5.91 Å². The Morgan fingerprint density at radius 1 is 1.37 bits per heavy atom. The summed E-state index contributed by atoms with van der Waals surface area (Å²) in [5.74, 6) is -0.0361. The van der Waals surface area contributed by atoms with E-state index in [1.54, 1.807) is 6.07 Å². The van der Waals surface area contributed by atoms with Crippen molar-refractivity contribution in [3.05, 3.63) is 23.1 Å². The van der Waals surface area contributed by atoms with Gasteiger partial charge in [0.05, 0.1) is 11.8 Å². The summed E-state index contributed by atoms with van der Waals surface area (Å²) in [6.45, 7) is 5.40. The molecule has 0 unspecified atom stereocenters.